The van der Waals surface area contributed by atoms with Crippen molar-refractivity contribution in [3.05, 3.63) is 52.7 Å². The average Bonchev–Trinajstić information content (AvgIpc) is 3.25. The summed E-state index contributed by atoms with van der Waals surface area (Å²) in [4.78, 5) is 25.9. The summed E-state index contributed by atoms with van der Waals surface area (Å²) >= 11 is 1.71. The third-order valence-electron chi connectivity index (χ3n) is 6.98. The lowest BCUT2D eigenvalue weighted by atomic mass is 9.84. The Labute approximate surface area is 199 Å². The number of thiazole rings is 1. The molecule has 1 saturated carbocycles. The molecule has 1 aliphatic carbocycles. The third-order valence-corrected chi connectivity index (χ3v) is 8.05. The summed E-state index contributed by atoms with van der Waals surface area (Å²) in [6.07, 6.45) is 8.58. The minimum Gasteiger partial charge on any atom is -0.470 e. The maximum atomic E-state index is 12.9. The number of aromatic nitrogens is 2. The van der Waals surface area contributed by atoms with Gasteiger partial charge in [-0.1, -0.05) is 23.5 Å². The summed E-state index contributed by atoms with van der Waals surface area (Å²) in [6, 6.07) is 9.89. The molecule has 1 aromatic carbocycles. The molecule has 1 fully saturated rings. The lowest BCUT2D eigenvalue weighted by Gasteiger charge is -2.32. The van der Waals surface area contributed by atoms with Gasteiger partial charge in [-0.25, -0.2) is 4.98 Å². The van der Waals surface area contributed by atoms with E-state index < -0.39 is 0 Å². The molecule has 7 heteroatoms. The molecule has 3 heterocycles. The summed E-state index contributed by atoms with van der Waals surface area (Å²) in [6.45, 7) is 5.88. The Balaban J connectivity index is 1.08. The number of carbonyl (C=O) groups is 1. The Bertz CT molecular complexity index is 1100. The van der Waals surface area contributed by atoms with E-state index in [-0.39, 0.29) is 11.9 Å². The predicted octanol–water partition coefficient (Wildman–Crippen LogP) is 4.83. The minimum absolute atomic E-state index is 0.0239. The van der Waals surface area contributed by atoms with E-state index in [1.165, 1.54) is 29.8 Å². The summed E-state index contributed by atoms with van der Waals surface area (Å²) in [5.74, 6) is 0.770. The van der Waals surface area contributed by atoms with Crippen LogP contribution in [0.15, 0.2) is 36.5 Å². The Hall–Kier alpha value is -2.51. The van der Waals surface area contributed by atoms with Crippen LogP contribution in [-0.4, -0.2) is 46.5 Å². The predicted molar refractivity (Wildman–Crippen MR) is 132 cm³/mol. The molecule has 1 aliphatic heterocycles. The monoisotopic (exact) mass is 464 g/mol. The first-order valence-electron chi connectivity index (χ1n) is 12.2. The number of amides is 1. The molecule has 0 bridgehead atoms. The van der Waals surface area contributed by atoms with Crippen molar-refractivity contribution >= 4 is 28.1 Å². The number of nitrogens with zero attached hydrogens (tertiary/aromatic N) is 3. The van der Waals surface area contributed by atoms with Crippen molar-refractivity contribution < 1.29 is 9.53 Å². The summed E-state index contributed by atoms with van der Waals surface area (Å²) < 4.78 is 5.59. The van der Waals surface area contributed by atoms with Gasteiger partial charge in [0.15, 0.2) is 0 Å². The molecule has 0 spiro atoms. The van der Waals surface area contributed by atoms with Crippen molar-refractivity contribution in [3.63, 3.8) is 0 Å². The topological polar surface area (TPSA) is 67.3 Å². The number of ether oxygens (including phenoxy) is 1. The molecule has 5 rings (SSSR count). The fourth-order valence-corrected chi connectivity index (χ4v) is 6.09. The SMILES string of the molecule is CCOc1nc2c(s1)CCN(CC[C@H]1CC[C@H](NC(=O)c3cccc4ncccc34)CC1)C2. The van der Waals surface area contributed by atoms with E-state index in [0.717, 1.165) is 66.5 Å². The van der Waals surface area contributed by atoms with Crippen LogP contribution in [0.25, 0.3) is 10.9 Å². The highest BCUT2D eigenvalue weighted by Crippen LogP contribution is 2.31. The number of pyridine rings is 1. The first-order chi connectivity index (χ1) is 16.2. The summed E-state index contributed by atoms with van der Waals surface area (Å²) in [5, 5.41) is 5.03. The van der Waals surface area contributed by atoms with Crippen LogP contribution in [0.4, 0.5) is 0 Å². The van der Waals surface area contributed by atoms with Crippen molar-refractivity contribution in [2.24, 2.45) is 5.92 Å². The maximum Gasteiger partial charge on any atom is 0.273 e. The molecule has 33 heavy (non-hydrogen) atoms. The first-order valence-corrected chi connectivity index (χ1v) is 13.0. The van der Waals surface area contributed by atoms with Crippen molar-refractivity contribution in [1.82, 2.24) is 20.2 Å². The first kappa shape index (κ1) is 22.3. The van der Waals surface area contributed by atoms with Gasteiger partial charge in [0.05, 0.1) is 17.8 Å². The van der Waals surface area contributed by atoms with E-state index in [1.807, 2.05) is 37.3 Å². The van der Waals surface area contributed by atoms with Gasteiger partial charge < -0.3 is 10.1 Å². The van der Waals surface area contributed by atoms with E-state index in [0.29, 0.717) is 6.61 Å². The van der Waals surface area contributed by atoms with Crippen LogP contribution in [0.5, 0.6) is 5.19 Å². The molecule has 0 unspecified atom stereocenters. The maximum absolute atomic E-state index is 12.9. The molecule has 1 amide bonds. The molecular weight excluding hydrogens is 432 g/mol. The number of carbonyl (C=O) groups excluding carboxylic acids is 1. The minimum atomic E-state index is 0.0239. The van der Waals surface area contributed by atoms with Crippen molar-refractivity contribution in [3.8, 4) is 5.19 Å². The number of nitrogens with one attached hydrogen (secondary N) is 1. The van der Waals surface area contributed by atoms with Crippen LogP contribution < -0.4 is 10.1 Å². The summed E-state index contributed by atoms with van der Waals surface area (Å²) in [7, 11) is 0. The van der Waals surface area contributed by atoms with Gasteiger partial charge in [0.2, 0.25) is 0 Å². The standard InChI is InChI=1S/C26H32N4O2S/c1-2-32-26-29-23-17-30(16-13-24(23)33-26)15-12-18-8-10-19(11-9-18)28-25(31)21-5-3-7-22-20(21)6-4-14-27-22/h3-7,14,18-19H,2,8-13,15-17H2,1H3,(H,28,31)/t18-,19-. The normalized spacial score (nSPS) is 21.0. The van der Waals surface area contributed by atoms with Gasteiger partial charge in [0.25, 0.3) is 11.1 Å². The Kier molecular flexibility index (Phi) is 6.88. The molecule has 0 atom stereocenters. The van der Waals surface area contributed by atoms with Crippen LogP contribution in [0.1, 0.15) is 60.0 Å². The van der Waals surface area contributed by atoms with E-state index >= 15 is 0 Å². The second-order valence-electron chi connectivity index (χ2n) is 9.16. The van der Waals surface area contributed by atoms with E-state index in [4.69, 9.17) is 4.74 Å². The van der Waals surface area contributed by atoms with Crippen LogP contribution in [0, 0.1) is 5.92 Å². The zero-order valence-corrected chi connectivity index (χ0v) is 20.1. The van der Waals surface area contributed by atoms with Gasteiger partial charge in [-0.05, 0) is 76.1 Å². The number of fused-ring (bicyclic) bond motifs is 2. The van der Waals surface area contributed by atoms with Gasteiger partial charge in [-0.15, -0.1) is 0 Å². The molecule has 174 valence electrons. The molecule has 2 aromatic heterocycles. The number of rotatable bonds is 7. The number of hydrogen-bond donors (Lipinski definition) is 1. The Morgan fingerprint density at radius 2 is 2.09 bits per heavy atom. The highest BCUT2D eigenvalue weighted by Gasteiger charge is 2.25. The lowest BCUT2D eigenvalue weighted by Crippen LogP contribution is -2.38. The van der Waals surface area contributed by atoms with Gasteiger partial charge in [-0.2, -0.15) is 0 Å². The van der Waals surface area contributed by atoms with Crippen LogP contribution >= 0.6 is 11.3 Å². The quantitative estimate of drug-likeness (QED) is 0.543. The van der Waals surface area contributed by atoms with Crippen molar-refractivity contribution in [1.29, 1.82) is 0 Å². The fraction of sp³-hybridized carbons (Fsp3) is 0.500. The van der Waals surface area contributed by atoms with Gasteiger partial charge in [0.1, 0.15) is 0 Å². The highest BCUT2D eigenvalue weighted by molar-refractivity contribution is 7.13. The number of benzene rings is 1. The van der Waals surface area contributed by atoms with Crippen LogP contribution in [0.3, 0.4) is 0 Å². The third kappa shape index (κ3) is 5.20. The highest BCUT2D eigenvalue weighted by atomic mass is 32.1. The van der Waals surface area contributed by atoms with Gasteiger partial charge in [-0.3, -0.25) is 14.7 Å². The molecule has 3 aromatic rings. The Morgan fingerprint density at radius 3 is 2.94 bits per heavy atom. The molecule has 6 nitrogen and oxygen atoms in total. The molecule has 0 radical (unpaired) electrons. The zero-order chi connectivity index (χ0) is 22.6. The van der Waals surface area contributed by atoms with Gasteiger partial charge >= 0.3 is 0 Å². The smallest absolute Gasteiger partial charge is 0.273 e. The van der Waals surface area contributed by atoms with Crippen molar-refractivity contribution in [2.75, 3.05) is 19.7 Å². The summed E-state index contributed by atoms with van der Waals surface area (Å²) in [5.41, 5.74) is 2.80. The van der Waals surface area contributed by atoms with Crippen molar-refractivity contribution in [2.45, 2.75) is 58.0 Å². The van der Waals surface area contributed by atoms with Gasteiger partial charge in [0, 0.05) is 41.2 Å². The largest absolute Gasteiger partial charge is 0.470 e. The lowest BCUT2D eigenvalue weighted by molar-refractivity contribution is 0.0921. The average molecular weight is 465 g/mol. The molecular formula is C26H32N4O2S. The van der Waals surface area contributed by atoms with E-state index in [2.05, 4.69) is 20.2 Å². The number of hydrogen-bond acceptors (Lipinski definition) is 6. The Morgan fingerprint density at radius 1 is 1.21 bits per heavy atom. The van der Waals surface area contributed by atoms with E-state index in [1.54, 1.807) is 17.5 Å². The molecule has 0 saturated heterocycles. The zero-order valence-electron chi connectivity index (χ0n) is 19.3. The van der Waals surface area contributed by atoms with E-state index in [9.17, 15) is 4.79 Å². The second kappa shape index (κ2) is 10.2. The molecule has 2 aliphatic rings. The van der Waals surface area contributed by atoms with Crippen LogP contribution in [-0.2, 0) is 13.0 Å². The van der Waals surface area contributed by atoms with Crippen LogP contribution in [0.2, 0.25) is 0 Å². The fourth-order valence-electron chi connectivity index (χ4n) is 5.13. The second-order valence-corrected chi connectivity index (χ2v) is 10.2. The molecule has 1 N–H and O–H groups in total.